The van der Waals surface area contributed by atoms with Crippen LogP contribution in [0, 0.1) is 0 Å². The van der Waals surface area contributed by atoms with E-state index in [1.807, 2.05) is 6.92 Å². The predicted octanol–water partition coefficient (Wildman–Crippen LogP) is 3.26. The van der Waals surface area contributed by atoms with Gasteiger partial charge in [0.1, 0.15) is 11.3 Å². The molecule has 5 heteroatoms. The van der Waals surface area contributed by atoms with Crippen molar-refractivity contribution in [3.8, 4) is 11.3 Å². The average molecular weight is 252 g/mol. The van der Waals surface area contributed by atoms with Gasteiger partial charge in [-0.3, -0.25) is 0 Å². The Morgan fingerprint density at radius 3 is 2.76 bits per heavy atom. The number of aromatic nitrogens is 1. The Kier molecular flexibility index (Phi) is 3.15. The molecule has 2 rings (SSSR count). The Balaban J connectivity index is 2.64. The normalized spacial score (nSPS) is 10.5. The molecule has 0 aliphatic heterocycles. The highest BCUT2D eigenvalue weighted by atomic mass is 35.5. The Bertz CT molecular complexity index is 563. The molecule has 0 aliphatic carbocycles. The highest BCUT2D eigenvalue weighted by Gasteiger charge is 2.23. The quantitative estimate of drug-likeness (QED) is 0.909. The molecule has 0 radical (unpaired) electrons. The molecule has 88 valence electrons. The van der Waals surface area contributed by atoms with Crippen molar-refractivity contribution < 1.29 is 14.4 Å². The van der Waals surface area contributed by atoms with Gasteiger partial charge < -0.3 is 9.63 Å². The van der Waals surface area contributed by atoms with Gasteiger partial charge in [0.2, 0.25) is 0 Å². The summed E-state index contributed by atoms with van der Waals surface area (Å²) < 4.78 is 5.03. The number of carbonyl (C=O) groups is 1. The van der Waals surface area contributed by atoms with Crippen molar-refractivity contribution in [1.29, 1.82) is 0 Å². The Morgan fingerprint density at radius 2 is 2.18 bits per heavy atom. The van der Waals surface area contributed by atoms with E-state index in [0.717, 1.165) is 0 Å². The predicted molar refractivity (Wildman–Crippen MR) is 63.3 cm³/mol. The van der Waals surface area contributed by atoms with Gasteiger partial charge >= 0.3 is 5.97 Å². The molecule has 0 fully saturated rings. The van der Waals surface area contributed by atoms with Crippen molar-refractivity contribution in [2.75, 3.05) is 0 Å². The summed E-state index contributed by atoms with van der Waals surface area (Å²) in [6, 6.07) is 6.94. The standard InChI is InChI=1S/C12H10ClNO3/c1-2-9-10(12(15)16)11(14-17-9)7-5-3-4-6-8(7)13/h3-6H,2H2,1H3,(H,15,16). The number of benzene rings is 1. The summed E-state index contributed by atoms with van der Waals surface area (Å²) in [7, 11) is 0. The number of hydrogen-bond donors (Lipinski definition) is 1. The summed E-state index contributed by atoms with van der Waals surface area (Å²) in [6.07, 6.45) is 0.471. The van der Waals surface area contributed by atoms with Crippen LogP contribution in [-0.2, 0) is 6.42 Å². The molecule has 0 aliphatic rings. The first-order valence-electron chi connectivity index (χ1n) is 5.12. The SMILES string of the molecule is CCc1onc(-c2ccccc2Cl)c1C(=O)O. The molecular formula is C12H10ClNO3. The zero-order valence-corrected chi connectivity index (χ0v) is 9.86. The fourth-order valence-corrected chi connectivity index (χ4v) is 1.85. The van der Waals surface area contributed by atoms with Crippen molar-refractivity contribution in [3.05, 3.63) is 40.6 Å². The molecule has 0 saturated carbocycles. The van der Waals surface area contributed by atoms with Gasteiger partial charge in [0.25, 0.3) is 0 Å². The molecule has 17 heavy (non-hydrogen) atoms. The summed E-state index contributed by atoms with van der Waals surface area (Å²) in [5.74, 6) is -0.703. The van der Waals surface area contributed by atoms with Crippen LogP contribution in [0.5, 0.6) is 0 Å². The maximum atomic E-state index is 11.2. The van der Waals surface area contributed by atoms with Gasteiger partial charge in [0, 0.05) is 12.0 Å². The second-order valence-electron chi connectivity index (χ2n) is 3.47. The molecule has 1 N–H and O–H groups in total. The van der Waals surface area contributed by atoms with Crippen LogP contribution in [0.4, 0.5) is 0 Å². The number of aryl methyl sites for hydroxylation is 1. The zero-order valence-electron chi connectivity index (χ0n) is 9.11. The van der Waals surface area contributed by atoms with E-state index in [1.165, 1.54) is 0 Å². The Hall–Kier alpha value is -1.81. The number of halogens is 1. The van der Waals surface area contributed by atoms with Gasteiger partial charge in [-0.05, 0) is 6.07 Å². The third-order valence-corrected chi connectivity index (χ3v) is 2.76. The molecule has 1 aromatic heterocycles. The Morgan fingerprint density at radius 1 is 1.47 bits per heavy atom. The van der Waals surface area contributed by atoms with Crippen LogP contribution in [0.15, 0.2) is 28.8 Å². The van der Waals surface area contributed by atoms with E-state index < -0.39 is 5.97 Å². The van der Waals surface area contributed by atoms with Gasteiger partial charge in [0.05, 0.1) is 5.02 Å². The van der Waals surface area contributed by atoms with Crippen LogP contribution >= 0.6 is 11.6 Å². The average Bonchev–Trinajstić information content (AvgIpc) is 2.73. The van der Waals surface area contributed by atoms with Crippen molar-refractivity contribution in [2.24, 2.45) is 0 Å². The summed E-state index contributed by atoms with van der Waals surface area (Å²) in [4.78, 5) is 11.2. The molecule has 0 atom stereocenters. The van der Waals surface area contributed by atoms with E-state index in [-0.39, 0.29) is 11.3 Å². The smallest absolute Gasteiger partial charge is 0.341 e. The topological polar surface area (TPSA) is 63.3 Å². The lowest BCUT2D eigenvalue weighted by Gasteiger charge is -2.00. The maximum absolute atomic E-state index is 11.2. The van der Waals surface area contributed by atoms with Gasteiger partial charge in [0.15, 0.2) is 5.76 Å². The van der Waals surface area contributed by atoms with Crippen LogP contribution in [0.1, 0.15) is 23.0 Å². The largest absolute Gasteiger partial charge is 0.477 e. The van der Waals surface area contributed by atoms with Crippen molar-refractivity contribution in [1.82, 2.24) is 5.16 Å². The monoisotopic (exact) mass is 251 g/mol. The van der Waals surface area contributed by atoms with E-state index in [1.54, 1.807) is 24.3 Å². The van der Waals surface area contributed by atoms with Gasteiger partial charge in [-0.2, -0.15) is 0 Å². The minimum Gasteiger partial charge on any atom is -0.477 e. The number of carboxylic acids is 1. The molecule has 0 amide bonds. The van der Waals surface area contributed by atoms with Crippen molar-refractivity contribution in [3.63, 3.8) is 0 Å². The number of carboxylic acid groups (broad SMARTS) is 1. The van der Waals surface area contributed by atoms with Crippen molar-refractivity contribution >= 4 is 17.6 Å². The highest BCUT2D eigenvalue weighted by Crippen LogP contribution is 2.31. The summed E-state index contributed by atoms with van der Waals surface area (Å²) in [5.41, 5.74) is 0.926. The van der Waals surface area contributed by atoms with E-state index in [9.17, 15) is 9.90 Å². The van der Waals surface area contributed by atoms with Gasteiger partial charge in [-0.15, -0.1) is 0 Å². The first kappa shape index (κ1) is 11.7. The number of rotatable bonds is 3. The zero-order chi connectivity index (χ0) is 12.4. The highest BCUT2D eigenvalue weighted by molar-refractivity contribution is 6.33. The number of nitrogens with zero attached hydrogens (tertiary/aromatic N) is 1. The third-order valence-electron chi connectivity index (χ3n) is 2.43. The molecule has 0 saturated heterocycles. The minimum atomic E-state index is -1.06. The second kappa shape index (κ2) is 4.59. The lowest BCUT2D eigenvalue weighted by atomic mass is 10.1. The van der Waals surface area contributed by atoms with Crippen LogP contribution < -0.4 is 0 Å². The van der Waals surface area contributed by atoms with Crippen LogP contribution in [-0.4, -0.2) is 16.2 Å². The van der Waals surface area contributed by atoms with Gasteiger partial charge in [-0.1, -0.05) is 41.9 Å². The van der Waals surface area contributed by atoms with E-state index in [0.29, 0.717) is 22.8 Å². The summed E-state index contributed by atoms with van der Waals surface area (Å²) in [5, 5.41) is 13.4. The first-order valence-corrected chi connectivity index (χ1v) is 5.49. The molecule has 1 aromatic carbocycles. The molecule has 2 aromatic rings. The third kappa shape index (κ3) is 2.03. The molecule has 1 heterocycles. The number of aromatic carboxylic acids is 1. The second-order valence-corrected chi connectivity index (χ2v) is 3.88. The van der Waals surface area contributed by atoms with Crippen molar-refractivity contribution in [2.45, 2.75) is 13.3 Å². The summed E-state index contributed by atoms with van der Waals surface area (Å²) >= 11 is 6.01. The first-order chi connectivity index (χ1) is 8.15. The Labute approximate surface area is 103 Å². The lowest BCUT2D eigenvalue weighted by Crippen LogP contribution is -2.01. The fraction of sp³-hybridized carbons (Fsp3) is 0.167. The molecular weight excluding hydrogens is 242 g/mol. The van der Waals surface area contributed by atoms with E-state index in [2.05, 4.69) is 5.16 Å². The van der Waals surface area contributed by atoms with Crippen LogP contribution in [0.2, 0.25) is 5.02 Å². The molecule has 0 bridgehead atoms. The molecule has 0 unspecified atom stereocenters. The number of hydrogen-bond acceptors (Lipinski definition) is 3. The maximum Gasteiger partial charge on any atom is 0.341 e. The van der Waals surface area contributed by atoms with Gasteiger partial charge in [-0.25, -0.2) is 4.79 Å². The van der Waals surface area contributed by atoms with E-state index in [4.69, 9.17) is 16.1 Å². The van der Waals surface area contributed by atoms with Crippen LogP contribution in [0.3, 0.4) is 0 Å². The minimum absolute atomic E-state index is 0.0839. The molecule has 0 spiro atoms. The fourth-order valence-electron chi connectivity index (χ4n) is 1.62. The summed E-state index contributed by atoms with van der Waals surface area (Å²) in [6.45, 7) is 1.81. The van der Waals surface area contributed by atoms with E-state index >= 15 is 0 Å². The van der Waals surface area contributed by atoms with Crippen LogP contribution in [0.25, 0.3) is 11.3 Å². The molecule has 4 nitrogen and oxygen atoms in total. The lowest BCUT2D eigenvalue weighted by molar-refractivity contribution is 0.0695.